The van der Waals surface area contributed by atoms with E-state index in [1.807, 2.05) is 0 Å². The van der Waals surface area contributed by atoms with Gasteiger partial charge in [-0.2, -0.15) is 8.42 Å². The standard InChI is InChI=1S/C8H17NO5S/c1-4-7(5-6(2)14-3)8(10)9-15(11,12)13/h6-7H,4-5H2,1-3H3,(H,9,10)(H,11,12,13). The number of hydrogen-bond acceptors (Lipinski definition) is 4. The molecule has 1 amide bonds. The van der Waals surface area contributed by atoms with Crippen LogP contribution in [-0.2, 0) is 19.8 Å². The van der Waals surface area contributed by atoms with Gasteiger partial charge in [-0.25, -0.2) is 4.72 Å². The van der Waals surface area contributed by atoms with Crippen LogP contribution in [0, 0.1) is 5.92 Å². The van der Waals surface area contributed by atoms with E-state index >= 15 is 0 Å². The second kappa shape index (κ2) is 6.04. The van der Waals surface area contributed by atoms with E-state index < -0.39 is 22.1 Å². The molecule has 0 saturated carbocycles. The molecule has 0 aliphatic carbocycles. The third kappa shape index (κ3) is 6.43. The fourth-order valence-corrected chi connectivity index (χ4v) is 1.59. The summed E-state index contributed by atoms with van der Waals surface area (Å²) >= 11 is 0. The van der Waals surface area contributed by atoms with Gasteiger partial charge in [0.2, 0.25) is 5.91 Å². The number of carbonyl (C=O) groups is 1. The van der Waals surface area contributed by atoms with Crippen molar-refractivity contribution in [3.8, 4) is 0 Å². The third-order valence-corrected chi connectivity index (χ3v) is 2.57. The van der Waals surface area contributed by atoms with E-state index in [1.54, 1.807) is 13.8 Å². The van der Waals surface area contributed by atoms with Crippen molar-refractivity contribution in [2.24, 2.45) is 5.92 Å². The molecule has 0 aromatic carbocycles. The minimum Gasteiger partial charge on any atom is -0.382 e. The maximum atomic E-state index is 11.3. The van der Waals surface area contributed by atoms with Crippen LogP contribution in [0.15, 0.2) is 0 Å². The summed E-state index contributed by atoms with van der Waals surface area (Å²) in [6, 6.07) is 0. The number of hydrogen-bond donors (Lipinski definition) is 2. The quantitative estimate of drug-likeness (QED) is 0.653. The average molecular weight is 239 g/mol. The predicted molar refractivity (Wildman–Crippen MR) is 54.6 cm³/mol. The lowest BCUT2D eigenvalue weighted by molar-refractivity contribution is -0.124. The Kier molecular flexibility index (Phi) is 5.77. The van der Waals surface area contributed by atoms with E-state index in [-0.39, 0.29) is 6.10 Å². The monoisotopic (exact) mass is 239 g/mol. The zero-order chi connectivity index (χ0) is 12.1. The van der Waals surface area contributed by atoms with Crippen molar-refractivity contribution in [2.75, 3.05) is 7.11 Å². The second-order valence-electron chi connectivity index (χ2n) is 3.33. The lowest BCUT2D eigenvalue weighted by Crippen LogP contribution is -2.36. The summed E-state index contributed by atoms with van der Waals surface area (Å²) in [5, 5.41) is 0. The molecular weight excluding hydrogens is 222 g/mol. The van der Waals surface area contributed by atoms with Crippen molar-refractivity contribution in [1.29, 1.82) is 0 Å². The number of carbonyl (C=O) groups excluding carboxylic acids is 1. The number of methoxy groups -OCH3 is 1. The largest absolute Gasteiger partial charge is 0.382 e. The van der Waals surface area contributed by atoms with Crippen LogP contribution in [0.1, 0.15) is 26.7 Å². The molecule has 7 heteroatoms. The second-order valence-corrected chi connectivity index (χ2v) is 4.48. The lowest BCUT2D eigenvalue weighted by atomic mass is 9.99. The fraction of sp³-hybridized carbons (Fsp3) is 0.875. The van der Waals surface area contributed by atoms with Gasteiger partial charge in [-0.3, -0.25) is 9.35 Å². The Morgan fingerprint density at radius 3 is 2.40 bits per heavy atom. The van der Waals surface area contributed by atoms with Gasteiger partial charge in [0.1, 0.15) is 0 Å². The summed E-state index contributed by atoms with van der Waals surface area (Å²) in [4.78, 5) is 11.3. The molecule has 15 heavy (non-hydrogen) atoms. The highest BCUT2D eigenvalue weighted by molar-refractivity contribution is 7.84. The molecule has 2 N–H and O–H groups in total. The highest BCUT2D eigenvalue weighted by Gasteiger charge is 2.22. The molecule has 0 rings (SSSR count). The van der Waals surface area contributed by atoms with Crippen molar-refractivity contribution >= 4 is 16.2 Å². The number of rotatable bonds is 6. The Bertz CT molecular complexity index is 300. The normalized spacial score (nSPS) is 15.7. The summed E-state index contributed by atoms with van der Waals surface area (Å²) in [6.07, 6.45) is 0.755. The highest BCUT2D eigenvalue weighted by atomic mass is 32.2. The smallest absolute Gasteiger partial charge is 0.359 e. The van der Waals surface area contributed by atoms with Crippen molar-refractivity contribution in [2.45, 2.75) is 32.8 Å². The first-order chi connectivity index (χ1) is 6.80. The first-order valence-corrected chi connectivity index (χ1v) is 6.06. The van der Waals surface area contributed by atoms with Gasteiger partial charge in [0, 0.05) is 13.0 Å². The first kappa shape index (κ1) is 14.3. The van der Waals surface area contributed by atoms with Gasteiger partial charge in [0.05, 0.1) is 6.10 Å². The third-order valence-electron chi connectivity index (χ3n) is 2.11. The fourth-order valence-electron chi connectivity index (χ4n) is 1.17. The average Bonchev–Trinajstić information content (AvgIpc) is 2.10. The van der Waals surface area contributed by atoms with E-state index in [1.165, 1.54) is 11.8 Å². The molecule has 0 saturated heterocycles. The van der Waals surface area contributed by atoms with Crippen LogP contribution in [0.5, 0.6) is 0 Å². The van der Waals surface area contributed by atoms with Gasteiger partial charge >= 0.3 is 10.3 Å². The number of ether oxygens (including phenoxy) is 1. The van der Waals surface area contributed by atoms with Crippen LogP contribution in [0.3, 0.4) is 0 Å². The molecule has 6 nitrogen and oxygen atoms in total. The van der Waals surface area contributed by atoms with Gasteiger partial charge < -0.3 is 4.74 Å². The molecule has 2 atom stereocenters. The molecule has 0 fully saturated rings. The van der Waals surface area contributed by atoms with E-state index in [0.29, 0.717) is 12.8 Å². The van der Waals surface area contributed by atoms with Crippen LogP contribution in [0.4, 0.5) is 0 Å². The van der Waals surface area contributed by atoms with Crippen LogP contribution in [0.2, 0.25) is 0 Å². The Hall–Kier alpha value is -0.660. The van der Waals surface area contributed by atoms with Crippen LogP contribution >= 0.6 is 0 Å². The van der Waals surface area contributed by atoms with Gasteiger partial charge in [0.15, 0.2) is 0 Å². The molecule has 2 unspecified atom stereocenters. The van der Waals surface area contributed by atoms with E-state index in [9.17, 15) is 13.2 Å². The maximum Gasteiger partial charge on any atom is 0.359 e. The van der Waals surface area contributed by atoms with Gasteiger partial charge in [-0.15, -0.1) is 0 Å². The van der Waals surface area contributed by atoms with Crippen LogP contribution in [-0.4, -0.2) is 32.1 Å². The minimum absolute atomic E-state index is 0.137. The van der Waals surface area contributed by atoms with E-state index in [2.05, 4.69) is 0 Å². The molecule has 0 spiro atoms. The molecular formula is C8H17NO5S. The predicted octanol–water partition coefficient (Wildman–Crippen LogP) is 0.357. The van der Waals surface area contributed by atoms with Crippen LogP contribution < -0.4 is 4.72 Å². The Labute approximate surface area is 89.9 Å². The van der Waals surface area contributed by atoms with Crippen molar-refractivity contribution < 1.29 is 22.5 Å². The Balaban J connectivity index is 4.35. The highest BCUT2D eigenvalue weighted by Crippen LogP contribution is 2.13. The van der Waals surface area contributed by atoms with Crippen molar-refractivity contribution in [3.05, 3.63) is 0 Å². The molecule has 0 aliphatic rings. The zero-order valence-electron chi connectivity index (χ0n) is 9.06. The van der Waals surface area contributed by atoms with Gasteiger partial charge in [0.25, 0.3) is 0 Å². The molecule has 0 heterocycles. The minimum atomic E-state index is -4.46. The van der Waals surface area contributed by atoms with Gasteiger partial charge in [-0.05, 0) is 19.8 Å². The zero-order valence-corrected chi connectivity index (χ0v) is 9.87. The SMILES string of the molecule is CCC(CC(C)OC)C(=O)NS(=O)(=O)O. The molecule has 0 aromatic rings. The van der Waals surface area contributed by atoms with E-state index in [0.717, 1.165) is 0 Å². The summed E-state index contributed by atoms with van der Waals surface area (Å²) in [7, 11) is -2.95. The topological polar surface area (TPSA) is 92.7 Å². The molecule has 0 bridgehead atoms. The van der Waals surface area contributed by atoms with E-state index in [4.69, 9.17) is 9.29 Å². The first-order valence-electron chi connectivity index (χ1n) is 4.62. The molecule has 0 radical (unpaired) electrons. The summed E-state index contributed by atoms with van der Waals surface area (Å²) in [6.45, 7) is 3.54. The lowest BCUT2D eigenvalue weighted by Gasteiger charge is -2.17. The van der Waals surface area contributed by atoms with Gasteiger partial charge in [-0.1, -0.05) is 6.92 Å². The number of amides is 1. The maximum absolute atomic E-state index is 11.3. The van der Waals surface area contributed by atoms with Crippen molar-refractivity contribution in [1.82, 2.24) is 4.72 Å². The Morgan fingerprint density at radius 2 is 2.07 bits per heavy atom. The molecule has 90 valence electrons. The summed E-state index contributed by atoms with van der Waals surface area (Å²) < 4.78 is 35.8. The van der Waals surface area contributed by atoms with Crippen LogP contribution in [0.25, 0.3) is 0 Å². The number of nitrogens with one attached hydrogen (secondary N) is 1. The Morgan fingerprint density at radius 1 is 1.53 bits per heavy atom. The summed E-state index contributed by atoms with van der Waals surface area (Å²) in [5.41, 5.74) is 0. The molecule has 0 aliphatic heterocycles. The molecule has 0 aromatic heterocycles. The summed E-state index contributed by atoms with van der Waals surface area (Å²) in [5.74, 6) is -1.19. The van der Waals surface area contributed by atoms with Crippen molar-refractivity contribution in [3.63, 3.8) is 0 Å².